The molecule has 0 aromatic heterocycles. The minimum atomic E-state index is -0.339. The Labute approximate surface area is 143 Å². The molecule has 0 bridgehead atoms. The highest BCUT2D eigenvalue weighted by atomic mass is 16.2. The quantitative estimate of drug-likeness (QED) is 0.371. The molecule has 1 rings (SSSR count). The van der Waals surface area contributed by atoms with Crippen LogP contribution >= 0.6 is 0 Å². The van der Waals surface area contributed by atoms with Gasteiger partial charge >= 0.3 is 0 Å². The van der Waals surface area contributed by atoms with Crippen molar-refractivity contribution < 1.29 is 9.59 Å². The van der Waals surface area contributed by atoms with E-state index in [2.05, 4.69) is 33.8 Å². The molecule has 1 aliphatic rings. The normalized spacial score (nSPS) is 18.7. The van der Waals surface area contributed by atoms with Gasteiger partial charge in [0.15, 0.2) is 0 Å². The first-order chi connectivity index (χ1) is 10.9. The van der Waals surface area contributed by atoms with Crippen LogP contribution in [0.5, 0.6) is 0 Å². The van der Waals surface area contributed by atoms with E-state index in [1.807, 2.05) is 0 Å². The van der Waals surface area contributed by atoms with Crippen molar-refractivity contribution in [3.63, 3.8) is 0 Å². The Morgan fingerprint density at radius 1 is 1.04 bits per heavy atom. The Morgan fingerprint density at radius 2 is 1.65 bits per heavy atom. The van der Waals surface area contributed by atoms with Crippen LogP contribution in [-0.2, 0) is 9.59 Å². The maximum Gasteiger partial charge on any atom is 0.143 e. The molecule has 0 radical (unpaired) electrons. The van der Waals surface area contributed by atoms with Crippen molar-refractivity contribution in [2.24, 2.45) is 17.8 Å². The average Bonchev–Trinajstić information content (AvgIpc) is 2.46. The van der Waals surface area contributed by atoms with E-state index in [1.54, 1.807) is 0 Å². The summed E-state index contributed by atoms with van der Waals surface area (Å²) in [6, 6.07) is 0. The summed E-state index contributed by atoms with van der Waals surface area (Å²) in [5.74, 6) is 1.60. The van der Waals surface area contributed by atoms with E-state index >= 15 is 0 Å². The highest BCUT2D eigenvalue weighted by molar-refractivity contribution is 6.04. The van der Waals surface area contributed by atoms with Crippen LogP contribution in [0.1, 0.15) is 91.9 Å². The second-order valence-electron chi connectivity index (χ2n) is 7.95. The number of carbonyl (C=O) groups excluding carboxylic acids is 2. The zero-order valence-corrected chi connectivity index (χ0v) is 15.7. The molecule has 132 valence electrons. The molecule has 0 aromatic rings. The summed E-state index contributed by atoms with van der Waals surface area (Å²) >= 11 is 0. The Kier molecular flexibility index (Phi) is 9.43. The number of allylic oxidation sites excluding steroid dienone is 2. The van der Waals surface area contributed by atoms with Gasteiger partial charge in [-0.25, -0.2) is 0 Å². The Bertz CT molecular complexity index is 390. The summed E-state index contributed by atoms with van der Waals surface area (Å²) < 4.78 is 0. The Balaban J connectivity index is 2.21. The lowest BCUT2D eigenvalue weighted by atomic mass is 9.84. The average molecular weight is 321 g/mol. The van der Waals surface area contributed by atoms with E-state index in [4.69, 9.17) is 0 Å². The first-order valence-electron chi connectivity index (χ1n) is 9.61. The summed E-state index contributed by atoms with van der Waals surface area (Å²) in [7, 11) is 0. The summed E-state index contributed by atoms with van der Waals surface area (Å²) in [6.45, 7) is 9.08. The molecule has 23 heavy (non-hydrogen) atoms. The van der Waals surface area contributed by atoms with Gasteiger partial charge < -0.3 is 0 Å². The fourth-order valence-corrected chi connectivity index (χ4v) is 3.40. The minimum Gasteiger partial charge on any atom is -0.299 e. The number of ketones is 2. The predicted octanol–water partition coefficient (Wildman–Crippen LogP) is 5.89. The number of rotatable bonds is 10. The monoisotopic (exact) mass is 320 g/mol. The highest BCUT2D eigenvalue weighted by Crippen LogP contribution is 2.23. The van der Waals surface area contributed by atoms with Crippen LogP contribution in [0.4, 0.5) is 0 Å². The molecule has 0 N–H and O–H groups in total. The van der Waals surface area contributed by atoms with Gasteiger partial charge in [-0.05, 0) is 44.4 Å². The fraction of sp³-hybridized carbons (Fsp3) is 0.810. The number of hydrogen-bond donors (Lipinski definition) is 0. The SMILES string of the molecule is CC(=CCC1C(=O)CCCC1=O)CCCC(C)CCCC(C)C. The number of Topliss-reactive ketones (excluding diaryl/α,β-unsaturated/α-hetero) is 2. The molecule has 0 amide bonds. The smallest absolute Gasteiger partial charge is 0.143 e. The van der Waals surface area contributed by atoms with Crippen molar-refractivity contribution in [2.75, 3.05) is 0 Å². The van der Waals surface area contributed by atoms with E-state index in [1.165, 1.54) is 37.7 Å². The van der Waals surface area contributed by atoms with Gasteiger partial charge in [-0.1, -0.05) is 58.1 Å². The summed E-state index contributed by atoms with van der Waals surface area (Å²) in [5, 5.41) is 0. The number of hydrogen-bond acceptors (Lipinski definition) is 2. The third kappa shape index (κ3) is 8.48. The fourth-order valence-electron chi connectivity index (χ4n) is 3.40. The molecule has 2 heteroatoms. The van der Waals surface area contributed by atoms with Crippen LogP contribution in [0.3, 0.4) is 0 Å². The predicted molar refractivity (Wildman–Crippen MR) is 97.4 cm³/mol. The van der Waals surface area contributed by atoms with Crippen molar-refractivity contribution in [2.45, 2.75) is 91.9 Å². The lowest BCUT2D eigenvalue weighted by Crippen LogP contribution is -2.28. The van der Waals surface area contributed by atoms with Crippen molar-refractivity contribution >= 4 is 11.6 Å². The summed E-state index contributed by atoms with van der Waals surface area (Å²) in [5.41, 5.74) is 1.34. The van der Waals surface area contributed by atoms with Gasteiger partial charge in [-0.15, -0.1) is 0 Å². The number of carbonyl (C=O) groups is 2. The molecule has 0 aliphatic heterocycles. The van der Waals surface area contributed by atoms with Crippen LogP contribution in [0, 0.1) is 17.8 Å². The third-order valence-corrected chi connectivity index (χ3v) is 5.07. The van der Waals surface area contributed by atoms with E-state index in [9.17, 15) is 9.59 Å². The van der Waals surface area contributed by atoms with Gasteiger partial charge in [0.1, 0.15) is 11.6 Å². The molecular formula is C21H36O2. The minimum absolute atomic E-state index is 0.157. The van der Waals surface area contributed by atoms with Crippen molar-refractivity contribution in [1.82, 2.24) is 0 Å². The molecule has 0 aromatic carbocycles. The first kappa shape index (κ1) is 20.1. The largest absolute Gasteiger partial charge is 0.299 e. The highest BCUT2D eigenvalue weighted by Gasteiger charge is 2.28. The Hall–Kier alpha value is -0.920. The van der Waals surface area contributed by atoms with Crippen LogP contribution in [0.2, 0.25) is 0 Å². The molecule has 1 aliphatic carbocycles. The molecule has 1 unspecified atom stereocenters. The molecule has 0 heterocycles. The van der Waals surface area contributed by atoms with Crippen LogP contribution in [0.25, 0.3) is 0 Å². The second kappa shape index (κ2) is 10.8. The maximum absolute atomic E-state index is 11.8. The maximum atomic E-state index is 11.8. The molecule has 2 nitrogen and oxygen atoms in total. The lowest BCUT2D eigenvalue weighted by Gasteiger charge is -2.18. The van der Waals surface area contributed by atoms with Gasteiger partial charge in [0.25, 0.3) is 0 Å². The molecule has 1 atom stereocenters. The summed E-state index contributed by atoms with van der Waals surface area (Å²) in [4.78, 5) is 23.6. The van der Waals surface area contributed by atoms with E-state index in [0.29, 0.717) is 19.3 Å². The summed E-state index contributed by atoms with van der Waals surface area (Å²) in [6.07, 6.45) is 12.3. The van der Waals surface area contributed by atoms with Crippen molar-refractivity contribution in [1.29, 1.82) is 0 Å². The molecule has 1 fully saturated rings. The van der Waals surface area contributed by atoms with Gasteiger partial charge in [-0.2, -0.15) is 0 Å². The van der Waals surface area contributed by atoms with Crippen LogP contribution in [0.15, 0.2) is 11.6 Å². The van der Waals surface area contributed by atoms with E-state index in [-0.39, 0.29) is 17.5 Å². The molecule has 0 saturated heterocycles. The second-order valence-corrected chi connectivity index (χ2v) is 7.95. The molecule has 1 saturated carbocycles. The molecule has 0 spiro atoms. The molecular weight excluding hydrogens is 284 g/mol. The zero-order valence-electron chi connectivity index (χ0n) is 15.7. The van der Waals surface area contributed by atoms with Crippen molar-refractivity contribution in [3.05, 3.63) is 11.6 Å². The van der Waals surface area contributed by atoms with Gasteiger partial charge in [0.2, 0.25) is 0 Å². The van der Waals surface area contributed by atoms with Crippen molar-refractivity contribution in [3.8, 4) is 0 Å². The van der Waals surface area contributed by atoms with Crippen LogP contribution in [-0.4, -0.2) is 11.6 Å². The first-order valence-corrected chi connectivity index (χ1v) is 9.61. The van der Waals surface area contributed by atoms with Crippen LogP contribution < -0.4 is 0 Å². The zero-order chi connectivity index (χ0) is 17.2. The van der Waals surface area contributed by atoms with Gasteiger partial charge in [0, 0.05) is 12.8 Å². The van der Waals surface area contributed by atoms with Gasteiger partial charge in [0.05, 0.1) is 5.92 Å². The van der Waals surface area contributed by atoms with E-state index < -0.39 is 0 Å². The topological polar surface area (TPSA) is 34.1 Å². The Morgan fingerprint density at radius 3 is 2.26 bits per heavy atom. The lowest BCUT2D eigenvalue weighted by molar-refractivity contribution is -0.135. The van der Waals surface area contributed by atoms with Gasteiger partial charge in [-0.3, -0.25) is 9.59 Å². The van der Waals surface area contributed by atoms with E-state index in [0.717, 1.165) is 24.7 Å². The third-order valence-electron chi connectivity index (χ3n) is 5.07. The standard InChI is InChI=1S/C21H36O2/c1-16(2)8-5-9-17(3)10-6-11-18(4)14-15-19-20(22)12-7-13-21(19)23/h14,16-17,19H,5-13,15H2,1-4H3.